The van der Waals surface area contributed by atoms with E-state index in [0.29, 0.717) is 17.0 Å². The number of carbonyl (C=O) groups excluding carboxylic acids is 1. The molecule has 15 heteroatoms. The molecule has 1 saturated heterocycles. The number of nitrogens with one attached hydrogen (secondary N) is 1. The highest BCUT2D eigenvalue weighted by atomic mass is 31.2. The fraction of sp³-hybridized carbons (Fsp3) is 0.562. The van der Waals surface area contributed by atoms with Gasteiger partial charge in [0.15, 0.2) is 11.4 Å². The minimum Gasteiger partial charge on any atom is -0.464 e. The Morgan fingerprint density at radius 2 is 1.98 bits per heavy atom. The molecular weight excluding hydrogens is 627 g/mol. The van der Waals surface area contributed by atoms with Crippen LogP contribution in [0.4, 0.5) is 5.82 Å². The van der Waals surface area contributed by atoms with E-state index in [1.807, 2.05) is 26.0 Å². The van der Waals surface area contributed by atoms with Crippen LogP contribution in [0.5, 0.6) is 5.75 Å². The van der Waals surface area contributed by atoms with Gasteiger partial charge in [-0.2, -0.15) is 10.2 Å². The molecule has 3 aromatic rings. The number of anilines is 1. The molecule has 0 radical (unpaired) electrons. The monoisotopic (exact) mass is 672 g/mol. The van der Waals surface area contributed by atoms with E-state index in [1.165, 1.54) is 36.6 Å². The minimum atomic E-state index is -4.31. The zero-order valence-electron chi connectivity index (χ0n) is 27.2. The van der Waals surface area contributed by atoms with E-state index in [2.05, 4.69) is 20.2 Å². The van der Waals surface area contributed by atoms with Crippen LogP contribution < -0.4 is 15.3 Å². The fourth-order valence-corrected chi connectivity index (χ4v) is 7.60. The minimum absolute atomic E-state index is 0.209. The summed E-state index contributed by atoms with van der Waals surface area (Å²) in [5.41, 5.74) is 7.46. The summed E-state index contributed by atoms with van der Waals surface area (Å²) >= 11 is 0. The lowest BCUT2D eigenvalue weighted by molar-refractivity contribution is -0.146. The first-order chi connectivity index (χ1) is 22.5. The van der Waals surface area contributed by atoms with Gasteiger partial charge < -0.3 is 29.9 Å². The number of aryl methyl sites for hydroxylation is 2. The number of nitrogen functional groups attached to an aromatic ring is 1. The molecule has 256 valence electrons. The Kier molecular flexibility index (Phi) is 11.0. The van der Waals surface area contributed by atoms with Crippen molar-refractivity contribution in [2.75, 3.05) is 26.0 Å². The van der Waals surface area contributed by atoms with Crippen LogP contribution in [0.3, 0.4) is 0 Å². The normalized spacial score (nSPS) is 24.8. The lowest BCUT2D eigenvalue weighted by Crippen LogP contribution is -2.43. The van der Waals surface area contributed by atoms with Gasteiger partial charge in [-0.05, 0) is 73.9 Å². The van der Waals surface area contributed by atoms with E-state index in [9.17, 15) is 19.6 Å². The average Bonchev–Trinajstić information content (AvgIpc) is 3.61. The van der Waals surface area contributed by atoms with Gasteiger partial charge in [-0.25, -0.2) is 14.1 Å². The maximum atomic E-state index is 14.4. The van der Waals surface area contributed by atoms with E-state index in [1.54, 1.807) is 18.2 Å². The molecule has 5 rings (SSSR count). The Morgan fingerprint density at radius 1 is 1.23 bits per heavy atom. The number of hydrogen-bond donors (Lipinski definition) is 4. The summed E-state index contributed by atoms with van der Waals surface area (Å²) < 4.78 is 39.4. The van der Waals surface area contributed by atoms with Crippen molar-refractivity contribution in [3.05, 3.63) is 53.5 Å². The van der Waals surface area contributed by atoms with Crippen molar-refractivity contribution in [2.24, 2.45) is 10.9 Å². The smallest absolute Gasteiger partial charge is 0.459 e. The van der Waals surface area contributed by atoms with Crippen LogP contribution in [0.1, 0.15) is 63.3 Å². The van der Waals surface area contributed by atoms with Gasteiger partial charge in [0.1, 0.15) is 41.9 Å². The van der Waals surface area contributed by atoms with Crippen LogP contribution in [0.2, 0.25) is 0 Å². The predicted octanol–water partition coefficient (Wildman–Crippen LogP) is 3.37. The van der Waals surface area contributed by atoms with Gasteiger partial charge in [0.2, 0.25) is 0 Å². The first kappa shape index (κ1) is 34.9. The lowest BCUT2D eigenvalue weighted by Gasteiger charge is -2.28. The molecule has 5 N–H and O–H groups in total. The summed E-state index contributed by atoms with van der Waals surface area (Å²) in [4.78, 5) is 21.0. The molecule has 47 heavy (non-hydrogen) atoms. The topological polar surface area (TPSA) is 192 Å². The SMILES string of the molecule is CCC(CC)COC(=O)[C@H](C)NP(=O)(OC[C@H]1O[C@@](/C=N/C)(c2ccc3c(N)ncnn23)[C@H](O)[C@@H]1O)Oc1ccc2c(c1)CCCC2. The molecule has 3 heterocycles. The Hall–Kier alpha value is -3.39. The third-order valence-electron chi connectivity index (χ3n) is 8.97. The number of benzene rings is 1. The third-order valence-corrected chi connectivity index (χ3v) is 10.6. The summed E-state index contributed by atoms with van der Waals surface area (Å²) in [6.45, 7) is 5.32. The summed E-state index contributed by atoms with van der Waals surface area (Å²) in [7, 11) is -2.81. The van der Waals surface area contributed by atoms with Crippen molar-refractivity contribution < 1.29 is 38.1 Å². The van der Waals surface area contributed by atoms with Crippen LogP contribution in [0, 0.1) is 5.92 Å². The van der Waals surface area contributed by atoms with Gasteiger partial charge in [-0.15, -0.1) is 0 Å². The number of aliphatic hydroxyl groups is 2. The molecular formula is C32H45N6O8P. The average molecular weight is 673 g/mol. The molecule has 0 amide bonds. The van der Waals surface area contributed by atoms with E-state index in [0.717, 1.165) is 44.1 Å². The van der Waals surface area contributed by atoms with Crippen molar-refractivity contribution in [1.82, 2.24) is 19.7 Å². The summed E-state index contributed by atoms with van der Waals surface area (Å²) in [6.07, 6.45) is 4.08. The Bertz CT molecular complexity index is 1630. The predicted molar refractivity (Wildman–Crippen MR) is 175 cm³/mol. The highest BCUT2D eigenvalue weighted by molar-refractivity contribution is 7.52. The van der Waals surface area contributed by atoms with Crippen LogP contribution in [-0.4, -0.2) is 81.6 Å². The van der Waals surface area contributed by atoms with E-state index < -0.39 is 50.3 Å². The van der Waals surface area contributed by atoms with Gasteiger partial charge in [-0.3, -0.25) is 14.3 Å². The third kappa shape index (κ3) is 7.38. The van der Waals surface area contributed by atoms with E-state index in [4.69, 9.17) is 24.3 Å². The molecule has 2 aliphatic rings. The number of rotatable bonds is 14. The number of hydrogen-bond acceptors (Lipinski definition) is 12. The molecule has 0 bridgehead atoms. The van der Waals surface area contributed by atoms with E-state index in [-0.39, 0.29) is 18.3 Å². The number of nitrogens with two attached hydrogens (primary N) is 1. The number of esters is 1. The molecule has 0 spiro atoms. The second kappa shape index (κ2) is 14.8. The van der Waals surface area contributed by atoms with Gasteiger partial charge in [0, 0.05) is 13.3 Å². The number of aliphatic hydroxyl groups excluding tert-OH is 2. The molecule has 1 fully saturated rings. The van der Waals surface area contributed by atoms with Crippen LogP contribution in [0.25, 0.3) is 5.52 Å². The van der Waals surface area contributed by atoms with Crippen molar-refractivity contribution in [1.29, 1.82) is 0 Å². The van der Waals surface area contributed by atoms with Crippen LogP contribution in [-0.2, 0) is 41.8 Å². The summed E-state index contributed by atoms with van der Waals surface area (Å²) in [6, 6.07) is 7.74. The maximum absolute atomic E-state index is 14.4. The molecule has 14 nitrogen and oxygen atoms in total. The molecule has 0 saturated carbocycles. The number of aliphatic imine (C=N–C) groups is 1. The summed E-state index contributed by atoms with van der Waals surface area (Å²) in [5.74, 6) is 0.112. The number of ether oxygens (including phenoxy) is 2. The molecule has 1 aromatic carbocycles. The number of nitrogens with zero attached hydrogens (tertiary/aromatic N) is 4. The molecule has 1 unspecified atom stereocenters. The standard InChI is InChI=1S/C32H45N6O8P/c1-5-21(6-2)16-43-31(41)20(3)37-47(42,46-24-12-11-22-9-7-8-10-23(22)15-24)44-17-26-28(39)29(40)32(45-26,18-34-4)27-14-13-25-30(33)35-19-36-38(25)27/h11-15,18-21,26,28-29,39-40H,5-10,16-17H2,1-4H3,(H,37,42)(H2,33,35,36)/b34-18+/t20-,26+,28+,29+,32-,47?/m0/s1. The zero-order chi connectivity index (χ0) is 33.8. The van der Waals surface area contributed by atoms with Crippen molar-refractivity contribution in [3.63, 3.8) is 0 Å². The van der Waals surface area contributed by atoms with Crippen LogP contribution >= 0.6 is 7.75 Å². The van der Waals surface area contributed by atoms with Crippen molar-refractivity contribution >= 4 is 31.3 Å². The van der Waals surface area contributed by atoms with Gasteiger partial charge in [0.25, 0.3) is 0 Å². The zero-order valence-corrected chi connectivity index (χ0v) is 28.1. The second-order valence-corrected chi connectivity index (χ2v) is 13.8. The Labute approximate surface area is 274 Å². The van der Waals surface area contributed by atoms with Gasteiger partial charge >= 0.3 is 13.7 Å². The van der Waals surface area contributed by atoms with Gasteiger partial charge in [0.05, 0.1) is 18.9 Å². The number of aromatic nitrogens is 3. The molecule has 1 aliphatic heterocycles. The highest BCUT2D eigenvalue weighted by Crippen LogP contribution is 2.47. The number of carbonyl (C=O) groups is 1. The Balaban J connectivity index is 1.38. The lowest BCUT2D eigenvalue weighted by atomic mass is 9.92. The Morgan fingerprint density at radius 3 is 2.70 bits per heavy atom. The fourth-order valence-electron chi connectivity index (χ4n) is 6.11. The maximum Gasteiger partial charge on any atom is 0.459 e. The largest absolute Gasteiger partial charge is 0.464 e. The number of fused-ring (bicyclic) bond motifs is 2. The van der Waals surface area contributed by atoms with Crippen LogP contribution in [0.15, 0.2) is 41.7 Å². The molecule has 1 aliphatic carbocycles. The summed E-state index contributed by atoms with van der Waals surface area (Å²) in [5, 5.41) is 29.5. The quantitative estimate of drug-likeness (QED) is 0.111. The first-order valence-corrected chi connectivity index (χ1v) is 17.6. The van der Waals surface area contributed by atoms with E-state index >= 15 is 0 Å². The molecule has 2 aromatic heterocycles. The highest BCUT2D eigenvalue weighted by Gasteiger charge is 2.56. The van der Waals surface area contributed by atoms with Gasteiger partial charge in [-0.1, -0.05) is 32.8 Å². The first-order valence-electron chi connectivity index (χ1n) is 16.1. The molecule has 6 atom stereocenters. The van der Waals surface area contributed by atoms with Crippen molar-refractivity contribution in [2.45, 2.75) is 89.3 Å². The van der Waals surface area contributed by atoms with Crippen molar-refractivity contribution in [3.8, 4) is 5.75 Å². The second-order valence-electron chi connectivity index (χ2n) is 12.1.